The highest BCUT2D eigenvalue weighted by Gasteiger charge is 2.19. The van der Waals surface area contributed by atoms with E-state index < -0.39 is 0 Å². The van der Waals surface area contributed by atoms with Crippen molar-refractivity contribution in [2.24, 2.45) is 7.05 Å². The Labute approximate surface area is 110 Å². The van der Waals surface area contributed by atoms with Crippen LogP contribution in [-0.4, -0.2) is 14.4 Å². The van der Waals surface area contributed by atoms with Crippen molar-refractivity contribution in [3.8, 4) is 0 Å². The molecule has 0 fully saturated rings. The van der Waals surface area contributed by atoms with Gasteiger partial charge in [0.05, 0.1) is 12.4 Å². The summed E-state index contributed by atoms with van der Waals surface area (Å²) in [5.74, 6) is 0. The summed E-state index contributed by atoms with van der Waals surface area (Å²) in [6, 6.07) is 6.33. The Balaban J connectivity index is 2.49. The molecule has 4 rings (SSSR count). The molecule has 1 aromatic carbocycles. The molecular weight excluding hydrogens is 236 g/mol. The van der Waals surface area contributed by atoms with Crippen LogP contribution in [0.1, 0.15) is 5.56 Å². The maximum atomic E-state index is 4.52. The summed E-state index contributed by atoms with van der Waals surface area (Å²) in [5, 5.41) is 2.40. The zero-order valence-corrected chi connectivity index (χ0v) is 10.8. The Hall–Kier alpha value is -2.49. The molecule has 4 nitrogen and oxygen atoms in total. The summed E-state index contributed by atoms with van der Waals surface area (Å²) in [5.41, 5.74) is 4.26. The van der Waals surface area contributed by atoms with Crippen LogP contribution in [0.3, 0.4) is 0 Å². The quantitative estimate of drug-likeness (QED) is 0.353. The van der Waals surface area contributed by atoms with Crippen LogP contribution in [-0.2, 0) is 7.05 Å². The zero-order valence-electron chi connectivity index (χ0n) is 10.8. The van der Waals surface area contributed by atoms with Crippen LogP contribution in [0.4, 0.5) is 0 Å². The number of pyridine rings is 1. The van der Waals surface area contributed by atoms with Gasteiger partial charge in [-0.2, -0.15) is 4.40 Å². The van der Waals surface area contributed by atoms with Gasteiger partial charge < -0.3 is 0 Å². The third kappa shape index (κ3) is 1.25. The van der Waals surface area contributed by atoms with Gasteiger partial charge >= 0.3 is 0 Å². The van der Waals surface area contributed by atoms with Crippen molar-refractivity contribution in [2.45, 2.75) is 6.92 Å². The molecule has 0 aliphatic rings. The van der Waals surface area contributed by atoms with Gasteiger partial charge in [-0.1, -0.05) is 18.2 Å². The van der Waals surface area contributed by atoms with Gasteiger partial charge in [-0.25, -0.2) is 14.5 Å². The van der Waals surface area contributed by atoms with Crippen molar-refractivity contribution in [3.63, 3.8) is 0 Å². The van der Waals surface area contributed by atoms with Crippen molar-refractivity contribution >= 4 is 27.6 Å². The van der Waals surface area contributed by atoms with E-state index in [1.165, 1.54) is 10.9 Å². The number of aryl methyl sites for hydroxylation is 2. The van der Waals surface area contributed by atoms with E-state index in [1.54, 1.807) is 12.4 Å². The van der Waals surface area contributed by atoms with E-state index in [-0.39, 0.29) is 0 Å². The fraction of sp³-hybridized carbons (Fsp3) is 0.133. The van der Waals surface area contributed by atoms with E-state index >= 15 is 0 Å². The summed E-state index contributed by atoms with van der Waals surface area (Å²) in [7, 11) is 2.06. The number of rotatable bonds is 0. The van der Waals surface area contributed by atoms with Crippen LogP contribution in [0.2, 0.25) is 0 Å². The van der Waals surface area contributed by atoms with Crippen molar-refractivity contribution < 1.29 is 4.57 Å². The van der Waals surface area contributed by atoms with Gasteiger partial charge in [0.2, 0.25) is 0 Å². The highest BCUT2D eigenvalue weighted by atomic mass is 15.1. The normalized spacial score (nSPS) is 11.7. The number of hydrogen-bond acceptors (Lipinski definition) is 2. The fourth-order valence-electron chi connectivity index (χ4n) is 2.80. The van der Waals surface area contributed by atoms with E-state index in [0.717, 1.165) is 22.2 Å². The SMILES string of the molecule is Cc1cccc2c3nccnc3n3cc[n+](C)c3c12. The van der Waals surface area contributed by atoms with Crippen LogP contribution in [0.5, 0.6) is 0 Å². The van der Waals surface area contributed by atoms with Crippen molar-refractivity contribution in [2.75, 3.05) is 0 Å². The molecule has 0 saturated carbocycles. The molecule has 0 N–H and O–H groups in total. The third-order valence-corrected chi connectivity index (χ3v) is 3.66. The van der Waals surface area contributed by atoms with Gasteiger partial charge in [-0.05, 0) is 12.5 Å². The number of nitrogens with zero attached hydrogens (tertiary/aromatic N) is 4. The molecular formula is C15H13N4+. The maximum Gasteiger partial charge on any atom is 0.296 e. The average Bonchev–Trinajstić information content (AvgIpc) is 2.82. The molecule has 0 aliphatic heterocycles. The third-order valence-electron chi connectivity index (χ3n) is 3.66. The van der Waals surface area contributed by atoms with Gasteiger partial charge in [0.25, 0.3) is 11.3 Å². The van der Waals surface area contributed by atoms with Crippen LogP contribution in [0.15, 0.2) is 43.0 Å². The van der Waals surface area contributed by atoms with Crippen LogP contribution >= 0.6 is 0 Å². The second kappa shape index (κ2) is 3.51. The highest BCUT2D eigenvalue weighted by molar-refractivity contribution is 6.09. The van der Waals surface area contributed by atoms with Crippen LogP contribution < -0.4 is 4.57 Å². The summed E-state index contributed by atoms with van der Waals surface area (Å²) in [4.78, 5) is 9.01. The standard InChI is InChI=1S/C15H13N4/c1-10-4-3-5-11-12(10)15-18(2)8-9-19(15)14-13(11)16-6-7-17-14/h3-9H,1-2H3/q+1. The first-order chi connectivity index (χ1) is 9.27. The largest absolute Gasteiger partial charge is 0.296 e. The number of fused-ring (bicyclic) bond motifs is 6. The highest BCUT2D eigenvalue weighted by Crippen LogP contribution is 2.27. The molecule has 0 bridgehead atoms. The Kier molecular flexibility index (Phi) is 1.93. The number of benzene rings is 1. The molecule has 0 radical (unpaired) electrons. The van der Waals surface area contributed by atoms with Gasteiger partial charge in [0.1, 0.15) is 17.9 Å². The Morgan fingerprint density at radius 3 is 2.89 bits per heavy atom. The summed E-state index contributed by atoms with van der Waals surface area (Å²) in [6.45, 7) is 2.14. The lowest BCUT2D eigenvalue weighted by Crippen LogP contribution is -2.26. The molecule has 4 heteroatoms. The minimum atomic E-state index is 0.899. The minimum Gasteiger partial charge on any atom is -0.248 e. The Bertz CT molecular complexity index is 937. The predicted molar refractivity (Wildman–Crippen MR) is 73.9 cm³/mol. The van der Waals surface area contributed by atoms with Crippen molar-refractivity contribution in [3.05, 3.63) is 48.5 Å². The lowest BCUT2D eigenvalue weighted by molar-refractivity contribution is -0.643. The molecule has 0 aliphatic carbocycles. The predicted octanol–water partition coefficient (Wildman–Crippen LogP) is 2.17. The topological polar surface area (TPSA) is 34.1 Å². The maximum absolute atomic E-state index is 4.52. The molecule has 0 atom stereocenters. The van der Waals surface area contributed by atoms with Crippen LogP contribution in [0, 0.1) is 6.92 Å². The fourth-order valence-corrected chi connectivity index (χ4v) is 2.80. The lowest BCUT2D eigenvalue weighted by atomic mass is 10.1. The monoisotopic (exact) mass is 249 g/mol. The molecule has 92 valence electrons. The van der Waals surface area contributed by atoms with E-state index in [4.69, 9.17) is 0 Å². The Morgan fingerprint density at radius 1 is 1.16 bits per heavy atom. The molecule has 0 spiro atoms. The number of aromatic nitrogens is 4. The minimum absolute atomic E-state index is 0.899. The first-order valence-electron chi connectivity index (χ1n) is 6.26. The second-order valence-electron chi connectivity index (χ2n) is 4.83. The van der Waals surface area contributed by atoms with Crippen molar-refractivity contribution in [1.82, 2.24) is 14.4 Å². The van der Waals surface area contributed by atoms with Gasteiger partial charge in [-0.15, -0.1) is 0 Å². The van der Waals surface area contributed by atoms with Gasteiger partial charge in [0.15, 0.2) is 0 Å². The van der Waals surface area contributed by atoms with Crippen molar-refractivity contribution in [1.29, 1.82) is 0 Å². The Morgan fingerprint density at radius 2 is 2.00 bits per heavy atom. The summed E-state index contributed by atoms with van der Waals surface area (Å²) in [6.07, 6.45) is 7.58. The van der Waals surface area contributed by atoms with E-state index in [2.05, 4.69) is 57.3 Å². The molecule has 4 aromatic rings. The first-order valence-corrected chi connectivity index (χ1v) is 6.26. The molecule has 3 aromatic heterocycles. The molecule has 19 heavy (non-hydrogen) atoms. The molecule has 0 saturated heterocycles. The number of imidazole rings is 1. The van der Waals surface area contributed by atoms with E-state index in [1.807, 2.05) is 6.20 Å². The molecule has 0 unspecified atom stereocenters. The number of hydrogen-bond donors (Lipinski definition) is 0. The second-order valence-corrected chi connectivity index (χ2v) is 4.83. The van der Waals surface area contributed by atoms with E-state index in [0.29, 0.717) is 0 Å². The van der Waals surface area contributed by atoms with Gasteiger partial charge in [-0.3, -0.25) is 0 Å². The molecule has 3 heterocycles. The zero-order chi connectivity index (χ0) is 13.0. The summed E-state index contributed by atoms with van der Waals surface area (Å²) < 4.78 is 4.24. The molecule has 0 amide bonds. The van der Waals surface area contributed by atoms with Gasteiger partial charge in [0, 0.05) is 17.8 Å². The lowest BCUT2D eigenvalue weighted by Gasteiger charge is -2.04. The smallest absolute Gasteiger partial charge is 0.248 e. The summed E-state index contributed by atoms with van der Waals surface area (Å²) >= 11 is 0. The average molecular weight is 249 g/mol. The van der Waals surface area contributed by atoms with E-state index in [9.17, 15) is 0 Å². The first kappa shape index (κ1) is 10.4. The van der Waals surface area contributed by atoms with Crippen LogP contribution in [0.25, 0.3) is 27.6 Å².